The Morgan fingerprint density at radius 3 is 2.10 bits per heavy atom. The van der Waals surface area contributed by atoms with Crippen molar-refractivity contribution in [1.82, 2.24) is 15.1 Å². The second-order valence-corrected chi connectivity index (χ2v) is 5.81. The summed E-state index contributed by atoms with van der Waals surface area (Å²) in [5.74, 6) is 0. The lowest BCUT2D eigenvalue weighted by molar-refractivity contribution is 0.180. The Bertz CT molecular complexity index is 244. The lowest BCUT2D eigenvalue weighted by atomic mass is 10.1. The van der Waals surface area contributed by atoms with Crippen molar-refractivity contribution in [2.45, 2.75) is 31.7 Å². The SMILES string of the molecule is OCCCC1CN(CCCO)CCN(CCCO)CCN1. The van der Waals surface area contributed by atoms with Gasteiger partial charge in [-0.2, -0.15) is 0 Å². The molecule has 0 aromatic carbocycles. The van der Waals surface area contributed by atoms with Crippen LogP contribution in [-0.2, 0) is 0 Å². The van der Waals surface area contributed by atoms with Gasteiger partial charge in [-0.15, -0.1) is 0 Å². The summed E-state index contributed by atoms with van der Waals surface area (Å²) in [5, 5.41) is 30.6. The molecule has 0 saturated carbocycles. The summed E-state index contributed by atoms with van der Waals surface area (Å²) in [6, 6.07) is 0.411. The van der Waals surface area contributed by atoms with Crippen LogP contribution in [0.2, 0.25) is 0 Å². The van der Waals surface area contributed by atoms with E-state index in [-0.39, 0.29) is 19.8 Å². The maximum absolute atomic E-state index is 9.04. The third-order valence-corrected chi connectivity index (χ3v) is 4.05. The van der Waals surface area contributed by atoms with Crippen LogP contribution in [0.1, 0.15) is 25.7 Å². The van der Waals surface area contributed by atoms with Crippen molar-refractivity contribution in [3.05, 3.63) is 0 Å². The quantitative estimate of drug-likeness (QED) is 0.442. The van der Waals surface area contributed by atoms with Gasteiger partial charge in [-0.05, 0) is 25.7 Å². The van der Waals surface area contributed by atoms with E-state index in [0.717, 1.165) is 71.5 Å². The van der Waals surface area contributed by atoms with Gasteiger partial charge in [0, 0.05) is 71.7 Å². The Hall–Kier alpha value is -0.240. The molecule has 6 heteroatoms. The van der Waals surface area contributed by atoms with Crippen molar-refractivity contribution >= 4 is 0 Å². The Kier molecular flexibility index (Phi) is 11.0. The minimum absolute atomic E-state index is 0.236. The number of rotatable bonds is 9. The smallest absolute Gasteiger partial charge is 0.0443 e. The summed E-state index contributed by atoms with van der Waals surface area (Å²) in [7, 11) is 0. The maximum atomic E-state index is 9.04. The Labute approximate surface area is 128 Å². The fourth-order valence-electron chi connectivity index (χ4n) is 2.84. The van der Waals surface area contributed by atoms with Crippen molar-refractivity contribution in [3.8, 4) is 0 Å². The van der Waals surface area contributed by atoms with E-state index in [9.17, 15) is 0 Å². The zero-order valence-electron chi connectivity index (χ0n) is 13.2. The van der Waals surface area contributed by atoms with Gasteiger partial charge in [0.15, 0.2) is 0 Å². The Morgan fingerprint density at radius 2 is 1.43 bits per heavy atom. The van der Waals surface area contributed by atoms with Crippen molar-refractivity contribution in [1.29, 1.82) is 0 Å². The van der Waals surface area contributed by atoms with E-state index in [1.165, 1.54) is 0 Å². The fourth-order valence-corrected chi connectivity index (χ4v) is 2.84. The molecule has 1 atom stereocenters. The minimum atomic E-state index is 0.236. The summed E-state index contributed by atoms with van der Waals surface area (Å²) >= 11 is 0. The Morgan fingerprint density at radius 1 is 0.810 bits per heavy atom. The lowest BCUT2D eigenvalue weighted by Crippen LogP contribution is -2.42. The van der Waals surface area contributed by atoms with E-state index < -0.39 is 0 Å². The van der Waals surface area contributed by atoms with Gasteiger partial charge in [0.1, 0.15) is 0 Å². The van der Waals surface area contributed by atoms with E-state index >= 15 is 0 Å². The normalized spacial score (nSPS) is 22.7. The summed E-state index contributed by atoms with van der Waals surface area (Å²) in [4.78, 5) is 4.80. The van der Waals surface area contributed by atoms with Gasteiger partial charge >= 0.3 is 0 Å². The molecule has 1 aliphatic rings. The maximum Gasteiger partial charge on any atom is 0.0443 e. The molecular weight excluding hydrogens is 270 g/mol. The van der Waals surface area contributed by atoms with Crippen LogP contribution in [0.3, 0.4) is 0 Å². The highest BCUT2D eigenvalue weighted by Gasteiger charge is 2.17. The molecule has 1 rings (SSSR count). The standard InChI is InChI=1S/C15H33N3O3/c19-11-1-4-15-14-18(7-3-13-21)10-9-17(6-2-12-20)8-5-16-15/h15-16,19-21H,1-14H2. The Balaban J connectivity index is 2.50. The zero-order chi connectivity index (χ0) is 15.3. The minimum Gasteiger partial charge on any atom is -0.396 e. The monoisotopic (exact) mass is 303 g/mol. The predicted molar refractivity (Wildman–Crippen MR) is 84.4 cm³/mol. The molecule has 0 radical (unpaired) electrons. The molecule has 126 valence electrons. The highest BCUT2D eigenvalue weighted by Crippen LogP contribution is 2.05. The molecule has 0 aromatic rings. The average molecular weight is 303 g/mol. The molecule has 0 amide bonds. The van der Waals surface area contributed by atoms with E-state index in [0.29, 0.717) is 6.04 Å². The number of nitrogens with zero attached hydrogens (tertiary/aromatic N) is 2. The molecule has 6 nitrogen and oxygen atoms in total. The summed E-state index contributed by atoms with van der Waals surface area (Å²) in [6.45, 7) is 7.54. The van der Waals surface area contributed by atoms with E-state index in [1.54, 1.807) is 0 Å². The molecule has 0 spiro atoms. The first-order chi connectivity index (χ1) is 10.3. The number of hydrogen-bond acceptors (Lipinski definition) is 6. The number of aliphatic hydroxyl groups is 3. The van der Waals surface area contributed by atoms with Crippen LogP contribution in [0.5, 0.6) is 0 Å². The molecule has 0 aliphatic carbocycles. The molecule has 0 aromatic heterocycles. The molecule has 1 unspecified atom stereocenters. The van der Waals surface area contributed by atoms with E-state index in [4.69, 9.17) is 15.3 Å². The van der Waals surface area contributed by atoms with Gasteiger partial charge in [-0.3, -0.25) is 0 Å². The molecule has 1 aliphatic heterocycles. The zero-order valence-corrected chi connectivity index (χ0v) is 13.2. The van der Waals surface area contributed by atoms with Gasteiger partial charge in [0.2, 0.25) is 0 Å². The van der Waals surface area contributed by atoms with Crippen molar-refractivity contribution in [2.75, 3.05) is 65.6 Å². The van der Waals surface area contributed by atoms with Crippen LogP contribution in [0, 0.1) is 0 Å². The predicted octanol–water partition coefficient (Wildman–Crippen LogP) is -0.900. The number of hydrogen-bond donors (Lipinski definition) is 4. The first kappa shape index (κ1) is 18.8. The van der Waals surface area contributed by atoms with Gasteiger partial charge in [0.25, 0.3) is 0 Å². The van der Waals surface area contributed by atoms with E-state index in [2.05, 4.69) is 15.1 Å². The van der Waals surface area contributed by atoms with Gasteiger partial charge < -0.3 is 30.4 Å². The van der Waals surface area contributed by atoms with Crippen LogP contribution in [0.25, 0.3) is 0 Å². The van der Waals surface area contributed by atoms with Gasteiger partial charge in [-0.1, -0.05) is 0 Å². The number of aliphatic hydroxyl groups excluding tert-OH is 3. The van der Waals surface area contributed by atoms with Crippen LogP contribution >= 0.6 is 0 Å². The van der Waals surface area contributed by atoms with E-state index in [1.807, 2.05) is 0 Å². The second-order valence-electron chi connectivity index (χ2n) is 5.81. The molecule has 4 N–H and O–H groups in total. The topological polar surface area (TPSA) is 79.2 Å². The van der Waals surface area contributed by atoms with Crippen molar-refractivity contribution in [3.63, 3.8) is 0 Å². The largest absolute Gasteiger partial charge is 0.396 e. The molecule has 0 bridgehead atoms. The summed E-state index contributed by atoms with van der Waals surface area (Å²) < 4.78 is 0. The van der Waals surface area contributed by atoms with Gasteiger partial charge in [-0.25, -0.2) is 0 Å². The first-order valence-electron chi connectivity index (χ1n) is 8.30. The first-order valence-corrected chi connectivity index (χ1v) is 8.30. The second kappa shape index (κ2) is 12.3. The molecule has 21 heavy (non-hydrogen) atoms. The molecule has 1 saturated heterocycles. The molecule has 1 fully saturated rings. The van der Waals surface area contributed by atoms with Gasteiger partial charge in [0.05, 0.1) is 0 Å². The van der Waals surface area contributed by atoms with Crippen LogP contribution in [-0.4, -0.2) is 96.8 Å². The summed E-state index contributed by atoms with van der Waals surface area (Å²) in [5.41, 5.74) is 0. The highest BCUT2D eigenvalue weighted by atomic mass is 16.3. The van der Waals surface area contributed by atoms with Crippen LogP contribution in [0.4, 0.5) is 0 Å². The highest BCUT2D eigenvalue weighted by molar-refractivity contribution is 4.77. The number of nitrogens with one attached hydrogen (secondary N) is 1. The van der Waals surface area contributed by atoms with Crippen molar-refractivity contribution < 1.29 is 15.3 Å². The van der Waals surface area contributed by atoms with Crippen LogP contribution in [0.15, 0.2) is 0 Å². The molecule has 1 heterocycles. The van der Waals surface area contributed by atoms with Crippen LogP contribution < -0.4 is 5.32 Å². The third kappa shape index (κ3) is 8.70. The average Bonchev–Trinajstić information content (AvgIpc) is 2.59. The lowest BCUT2D eigenvalue weighted by Gasteiger charge is -2.27. The van der Waals surface area contributed by atoms with Crippen molar-refractivity contribution in [2.24, 2.45) is 0 Å². The third-order valence-electron chi connectivity index (χ3n) is 4.05. The summed E-state index contributed by atoms with van der Waals surface area (Å²) in [6.07, 6.45) is 3.45. The fraction of sp³-hybridized carbons (Fsp3) is 1.00. The molecular formula is C15H33N3O3.